The number of rotatable bonds is 6. The summed E-state index contributed by atoms with van der Waals surface area (Å²) in [6.07, 6.45) is 2.79. The molecule has 0 aromatic heterocycles. The highest BCUT2D eigenvalue weighted by atomic mass is 79.9. The van der Waals surface area contributed by atoms with Crippen molar-refractivity contribution in [2.75, 3.05) is 27.3 Å². The zero-order valence-corrected chi connectivity index (χ0v) is 18.5. The van der Waals surface area contributed by atoms with E-state index in [1.54, 1.807) is 43.5 Å². The summed E-state index contributed by atoms with van der Waals surface area (Å²) >= 11 is 3.40. The van der Waals surface area contributed by atoms with Crippen LogP contribution in [0.3, 0.4) is 0 Å². The number of nitrogens with one attached hydrogen (secondary N) is 1. The van der Waals surface area contributed by atoms with Crippen molar-refractivity contribution in [3.05, 3.63) is 58.1 Å². The molecule has 1 aliphatic rings. The number of hydrazone groups is 1. The lowest BCUT2D eigenvalue weighted by molar-refractivity contribution is -0.126. The van der Waals surface area contributed by atoms with Crippen LogP contribution in [0.1, 0.15) is 28.8 Å². The molecule has 1 saturated heterocycles. The first-order valence-corrected chi connectivity index (χ1v) is 10.4. The van der Waals surface area contributed by atoms with Gasteiger partial charge in [-0.15, -0.1) is 0 Å². The molecule has 2 aromatic carbocycles. The third kappa shape index (κ3) is 5.60. The van der Waals surface area contributed by atoms with Gasteiger partial charge in [0.2, 0.25) is 5.91 Å². The van der Waals surface area contributed by atoms with Gasteiger partial charge in [-0.2, -0.15) is 5.10 Å². The Bertz CT molecular complexity index is 917. The molecular formula is C22H24BrN3O4. The lowest BCUT2D eigenvalue weighted by atomic mass is 9.95. The third-order valence-electron chi connectivity index (χ3n) is 4.99. The minimum atomic E-state index is -0.173. The topological polar surface area (TPSA) is 80.2 Å². The molecule has 1 aliphatic heterocycles. The van der Waals surface area contributed by atoms with Crippen LogP contribution in [-0.2, 0) is 4.79 Å². The number of methoxy groups -OCH3 is 2. The van der Waals surface area contributed by atoms with Gasteiger partial charge in [0.1, 0.15) is 11.5 Å². The standard InChI is InChI=1S/C22H24BrN3O4/c1-29-19-11-17(12-20(13-19)30-2)22(28)26-8-6-16(7-9-26)21(27)25-24-14-15-4-3-5-18(23)10-15/h3-5,10-14,16H,6-9H2,1-2H3,(H,25,27)/b24-14+. The van der Waals surface area contributed by atoms with Gasteiger partial charge in [-0.1, -0.05) is 28.1 Å². The number of amides is 2. The minimum absolute atomic E-state index is 0.0984. The first kappa shape index (κ1) is 21.8. The number of halogens is 1. The quantitative estimate of drug-likeness (QED) is 0.514. The average Bonchev–Trinajstić information content (AvgIpc) is 2.78. The summed E-state index contributed by atoms with van der Waals surface area (Å²) in [6, 6.07) is 12.7. The van der Waals surface area contributed by atoms with Crippen LogP contribution in [-0.4, -0.2) is 50.2 Å². The molecule has 0 spiro atoms. The predicted octanol–water partition coefficient (Wildman–Crippen LogP) is 3.47. The number of hydrogen-bond acceptors (Lipinski definition) is 5. The van der Waals surface area contributed by atoms with Crippen LogP contribution in [0.15, 0.2) is 52.0 Å². The average molecular weight is 474 g/mol. The van der Waals surface area contributed by atoms with E-state index in [1.165, 1.54) is 0 Å². The largest absolute Gasteiger partial charge is 0.497 e. The second-order valence-corrected chi connectivity index (χ2v) is 7.87. The number of ether oxygens (including phenoxy) is 2. The SMILES string of the molecule is COc1cc(OC)cc(C(=O)N2CCC(C(=O)N/N=C/c3cccc(Br)c3)CC2)c1. The first-order chi connectivity index (χ1) is 14.5. The Morgan fingerprint density at radius 2 is 1.77 bits per heavy atom. The molecule has 1 N–H and O–H groups in total. The van der Waals surface area contributed by atoms with E-state index >= 15 is 0 Å². The second-order valence-electron chi connectivity index (χ2n) is 6.96. The fourth-order valence-electron chi connectivity index (χ4n) is 3.31. The zero-order chi connectivity index (χ0) is 21.5. The van der Waals surface area contributed by atoms with E-state index < -0.39 is 0 Å². The van der Waals surface area contributed by atoms with Crippen molar-refractivity contribution in [1.82, 2.24) is 10.3 Å². The van der Waals surface area contributed by atoms with Gasteiger partial charge in [0.05, 0.1) is 20.4 Å². The molecule has 0 saturated carbocycles. The molecule has 158 valence electrons. The highest BCUT2D eigenvalue weighted by Crippen LogP contribution is 2.25. The Morgan fingerprint density at radius 3 is 2.37 bits per heavy atom. The molecule has 0 unspecified atom stereocenters. The third-order valence-corrected chi connectivity index (χ3v) is 5.48. The molecule has 1 heterocycles. The molecule has 0 atom stereocenters. The van der Waals surface area contributed by atoms with Gasteiger partial charge in [-0.05, 0) is 42.7 Å². The fraction of sp³-hybridized carbons (Fsp3) is 0.318. The molecule has 7 nitrogen and oxygen atoms in total. The van der Waals surface area contributed by atoms with Crippen molar-refractivity contribution < 1.29 is 19.1 Å². The van der Waals surface area contributed by atoms with Crippen LogP contribution in [0, 0.1) is 5.92 Å². The van der Waals surface area contributed by atoms with E-state index in [9.17, 15) is 9.59 Å². The number of nitrogens with zero attached hydrogens (tertiary/aromatic N) is 2. The molecule has 0 aliphatic carbocycles. The van der Waals surface area contributed by atoms with Crippen molar-refractivity contribution in [2.24, 2.45) is 11.0 Å². The molecule has 30 heavy (non-hydrogen) atoms. The van der Waals surface area contributed by atoms with Crippen LogP contribution in [0.25, 0.3) is 0 Å². The molecule has 8 heteroatoms. The lowest BCUT2D eigenvalue weighted by Gasteiger charge is -2.31. The summed E-state index contributed by atoms with van der Waals surface area (Å²) in [7, 11) is 3.10. The second kappa shape index (κ2) is 10.2. The van der Waals surface area contributed by atoms with E-state index in [2.05, 4.69) is 26.5 Å². The van der Waals surface area contributed by atoms with Crippen LogP contribution in [0.5, 0.6) is 11.5 Å². The maximum atomic E-state index is 12.9. The summed E-state index contributed by atoms with van der Waals surface area (Å²) in [4.78, 5) is 27.0. The fourth-order valence-corrected chi connectivity index (χ4v) is 3.72. The van der Waals surface area contributed by atoms with Crippen LogP contribution in [0.4, 0.5) is 0 Å². The van der Waals surface area contributed by atoms with Crippen LogP contribution >= 0.6 is 15.9 Å². The molecule has 0 radical (unpaired) electrons. The van der Waals surface area contributed by atoms with Gasteiger partial charge < -0.3 is 14.4 Å². The van der Waals surface area contributed by atoms with Crippen LogP contribution in [0.2, 0.25) is 0 Å². The van der Waals surface area contributed by atoms with Gasteiger partial charge in [0, 0.05) is 35.1 Å². The Kier molecular flexibility index (Phi) is 7.46. The molecule has 2 aromatic rings. The van der Waals surface area contributed by atoms with Crippen LogP contribution < -0.4 is 14.9 Å². The number of carbonyl (C=O) groups excluding carboxylic acids is 2. The highest BCUT2D eigenvalue weighted by Gasteiger charge is 2.28. The molecule has 3 rings (SSSR count). The first-order valence-electron chi connectivity index (χ1n) is 9.61. The summed E-state index contributed by atoms with van der Waals surface area (Å²) in [5.74, 6) is 0.731. The number of likely N-dealkylation sites (tertiary alicyclic amines) is 1. The Morgan fingerprint density at radius 1 is 1.10 bits per heavy atom. The molecule has 0 bridgehead atoms. The van der Waals surface area contributed by atoms with E-state index in [0.29, 0.717) is 43.0 Å². The Hall–Kier alpha value is -2.87. The van der Waals surface area contributed by atoms with Crippen molar-refractivity contribution in [3.63, 3.8) is 0 Å². The van der Waals surface area contributed by atoms with Gasteiger partial charge in [-0.25, -0.2) is 5.43 Å². The van der Waals surface area contributed by atoms with E-state index in [-0.39, 0.29) is 17.7 Å². The number of piperidine rings is 1. The summed E-state index contributed by atoms with van der Waals surface area (Å²) < 4.78 is 11.4. The summed E-state index contributed by atoms with van der Waals surface area (Å²) in [5.41, 5.74) is 4.00. The van der Waals surface area contributed by atoms with Crippen molar-refractivity contribution in [3.8, 4) is 11.5 Å². The van der Waals surface area contributed by atoms with Gasteiger partial charge in [-0.3, -0.25) is 9.59 Å². The Balaban J connectivity index is 1.54. The van der Waals surface area contributed by atoms with Crippen molar-refractivity contribution in [2.45, 2.75) is 12.8 Å². The number of hydrogen-bond donors (Lipinski definition) is 1. The van der Waals surface area contributed by atoms with E-state index in [1.807, 2.05) is 24.3 Å². The number of carbonyl (C=O) groups is 2. The highest BCUT2D eigenvalue weighted by molar-refractivity contribution is 9.10. The normalized spacial score (nSPS) is 14.6. The molecule has 1 fully saturated rings. The zero-order valence-electron chi connectivity index (χ0n) is 16.9. The smallest absolute Gasteiger partial charge is 0.254 e. The predicted molar refractivity (Wildman–Crippen MR) is 118 cm³/mol. The number of benzene rings is 2. The van der Waals surface area contributed by atoms with Gasteiger partial charge in [0.15, 0.2) is 0 Å². The van der Waals surface area contributed by atoms with Crippen molar-refractivity contribution in [1.29, 1.82) is 0 Å². The summed E-state index contributed by atoms with van der Waals surface area (Å²) in [6.45, 7) is 1.01. The monoisotopic (exact) mass is 473 g/mol. The molecular weight excluding hydrogens is 450 g/mol. The Labute approximate surface area is 184 Å². The maximum absolute atomic E-state index is 12.9. The minimum Gasteiger partial charge on any atom is -0.497 e. The molecule has 2 amide bonds. The summed E-state index contributed by atoms with van der Waals surface area (Å²) in [5, 5.41) is 4.04. The van der Waals surface area contributed by atoms with Gasteiger partial charge in [0.25, 0.3) is 5.91 Å². The lowest BCUT2D eigenvalue weighted by Crippen LogP contribution is -2.42. The van der Waals surface area contributed by atoms with Gasteiger partial charge >= 0.3 is 0 Å². The maximum Gasteiger partial charge on any atom is 0.254 e. The van der Waals surface area contributed by atoms with E-state index in [4.69, 9.17) is 9.47 Å². The van der Waals surface area contributed by atoms with E-state index in [0.717, 1.165) is 10.0 Å². The van der Waals surface area contributed by atoms with Crippen molar-refractivity contribution >= 4 is 34.0 Å².